The molecule has 114 valence electrons. The van der Waals surface area contributed by atoms with Gasteiger partial charge in [-0.25, -0.2) is 4.68 Å². The number of halogens is 1. The first-order valence-electron chi connectivity index (χ1n) is 6.72. The van der Waals surface area contributed by atoms with Crippen LogP contribution in [0, 0.1) is 0 Å². The summed E-state index contributed by atoms with van der Waals surface area (Å²) in [4.78, 5) is 11.8. The molecular weight excluding hydrogens is 288 g/mol. The van der Waals surface area contributed by atoms with Crippen LogP contribution in [0.25, 0.3) is 5.69 Å². The van der Waals surface area contributed by atoms with Crippen LogP contribution in [0.2, 0.25) is 0 Å². The molecule has 0 aliphatic rings. The lowest BCUT2D eigenvalue weighted by atomic mass is 10.2. The van der Waals surface area contributed by atoms with Crippen molar-refractivity contribution in [3.05, 3.63) is 48.3 Å². The molecule has 2 rings (SSSR count). The normalized spacial score (nSPS) is 11.5. The second-order valence-corrected chi connectivity index (χ2v) is 4.80. The van der Waals surface area contributed by atoms with Crippen molar-refractivity contribution in [2.24, 2.45) is 0 Å². The summed E-state index contributed by atoms with van der Waals surface area (Å²) in [6.45, 7) is 2.65. The van der Waals surface area contributed by atoms with Gasteiger partial charge in [-0.3, -0.25) is 4.79 Å². The minimum absolute atomic E-state index is 0. The van der Waals surface area contributed by atoms with Gasteiger partial charge in [0.1, 0.15) is 0 Å². The zero-order chi connectivity index (χ0) is 14.4. The van der Waals surface area contributed by atoms with Gasteiger partial charge in [-0.1, -0.05) is 18.2 Å². The summed E-state index contributed by atoms with van der Waals surface area (Å²) in [7, 11) is 1.88. The average molecular weight is 309 g/mol. The van der Waals surface area contributed by atoms with Gasteiger partial charge in [-0.05, 0) is 31.7 Å². The molecule has 1 amide bonds. The molecule has 1 heterocycles. The minimum atomic E-state index is 0. The summed E-state index contributed by atoms with van der Waals surface area (Å²) in [5.74, 6) is 0.0136. The number of carbonyl (C=O) groups excluding carboxylic acids is 1. The summed E-state index contributed by atoms with van der Waals surface area (Å²) in [5, 5.41) is 10.2. The number of nitrogens with one attached hydrogen (secondary N) is 2. The molecule has 1 unspecified atom stereocenters. The third kappa shape index (κ3) is 5.21. The van der Waals surface area contributed by atoms with Crippen molar-refractivity contribution < 1.29 is 4.79 Å². The van der Waals surface area contributed by atoms with Gasteiger partial charge in [0, 0.05) is 18.8 Å². The zero-order valence-corrected chi connectivity index (χ0v) is 13.1. The van der Waals surface area contributed by atoms with Crippen LogP contribution in [-0.2, 0) is 11.2 Å². The zero-order valence-electron chi connectivity index (χ0n) is 12.2. The number of likely N-dealkylation sites (N-methyl/N-ethyl adjacent to an activating group) is 1. The predicted octanol–water partition coefficient (Wildman–Crippen LogP) is 1.56. The van der Waals surface area contributed by atoms with E-state index in [1.54, 1.807) is 10.9 Å². The van der Waals surface area contributed by atoms with E-state index in [1.807, 2.05) is 50.5 Å². The number of hydrogen-bond acceptors (Lipinski definition) is 3. The van der Waals surface area contributed by atoms with E-state index in [-0.39, 0.29) is 24.4 Å². The summed E-state index contributed by atoms with van der Waals surface area (Å²) >= 11 is 0. The molecule has 21 heavy (non-hydrogen) atoms. The summed E-state index contributed by atoms with van der Waals surface area (Å²) in [6.07, 6.45) is 3.97. The van der Waals surface area contributed by atoms with Crippen LogP contribution >= 0.6 is 12.4 Å². The third-order valence-electron chi connectivity index (χ3n) is 3.12. The molecule has 0 aliphatic carbocycles. The second kappa shape index (κ2) is 8.44. The molecule has 1 atom stereocenters. The maximum absolute atomic E-state index is 11.8. The van der Waals surface area contributed by atoms with Gasteiger partial charge in [-0.2, -0.15) is 5.10 Å². The highest BCUT2D eigenvalue weighted by molar-refractivity contribution is 5.85. The Balaban J connectivity index is 0.00000220. The van der Waals surface area contributed by atoms with E-state index >= 15 is 0 Å². The highest BCUT2D eigenvalue weighted by Gasteiger charge is 2.07. The summed E-state index contributed by atoms with van der Waals surface area (Å²) in [5.41, 5.74) is 1.89. The lowest BCUT2D eigenvalue weighted by molar-refractivity contribution is -0.120. The number of hydrogen-bond donors (Lipinski definition) is 2. The summed E-state index contributed by atoms with van der Waals surface area (Å²) < 4.78 is 1.78. The molecule has 0 fully saturated rings. The van der Waals surface area contributed by atoms with Gasteiger partial charge >= 0.3 is 0 Å². The van der Waals surface area contributed by atoms with Crippen molar-refractivity contribution >= 4 is 18.3 Å². The number of amides is 1. The molecular formula is C15H21ClN4O. The van der Waals surface area contributed by atoms with Crippen molar-refractivity contribution in [2.45, 2.75) is 19.4 Å². The van der Waals surface area contributed by atoms with Crippen LogP contribution in [0.15, 0.2) is 42.7 Å². The molecule has 0 spiro atoms. The van der Waals surface area contributed by atoms with Crippen molar-refractivity contribution in [1.29, 1.82) is 0 Å². The Morgan fingerprint density at radius 1 is 1.33 bits per heavy atom. The summed E-state index contributed by atoms with van der Waals surface area (Å²) in [6, 6.07) is 10.1. The Bertz CT molecular complexity index is 556. The van der Waals surface area contributed by atoms with Crippen LogP contribution in [-0.4, -0.2) is 35.3 Å². The predicted molar refractivity (Wildman–Crippen MR) is 86.0 cm³/mol. The Kier molecular flexibility index (Phi) is 6.91. The lowest BCUT2D eigenvalue weighted by Crippen LogP contribution is -2.37. The van der Waals surface area contributed by atoms with Crippen LogP contribution in [0.3, 0.4) is 0 Å². The first kappa shape index (κ1) is 17.2. The number of aromatic nitrogens is 2. The van der Waals surface area contributed by atoms with Crippen molar-refractivity contribution in [3.8, 4) is 5.69 Å². The molecule has 0 saturated carbocycles. The van der Waals surface area contributed by atoms with Gasteiger partial charge in [0.25, 0.3) is 0 Å². The highest BCUT2D eigenvalue weighted by Crippen LogP contribution is 2.07. The Hall–Kier alpha value is -1.85. The van der Waals surface area contributed by atoms with E-state index in [9.17, 15) is 4.79 Å². The van der Waals surface area contributed by atoms with Crippen LogP contribution < -0.4 is 10.6 Å². The molecule has 0 saturated heterocycles. The van der Waals surface area contributed by atoms with E-state index in [2.05, 4.69) is 15.7 Å². The van der Waals surface area contributed by atoms with E-state index in [4.69, 9.17) is 0 Å². The maximum atomic E-state index is 11.8. The highest BCUT2D eigenvalue weighted by atomic mass is 35.5. The van der Waals surface area contributed by atoms with Crippen molar-refractivity contribution in [3.63, 3.8) is 0 Å². The molecule has 0 bridgehead atoms. The Morgan fingerprint density at radius 3 is 2.71 bits per heavy atom. The van der Waals surface area contributed by atoms with Crippen LogP contribution in [0.5, 0.6) is 0 Å². The van der Waals surface area contributed by atoms with Gasteiger partial charge in [0.15, 0.2) is 0 Å². The first-order valence-corrected chi connectivity index (χ1v) is 6.72. The molecule has 5 nitrogen and oxygen atoms in total. The van der Waals surface area contributed by atoms with Gasteiger partial charge < -0.3 is 10.6 Å². The quantitative estimate of drug-likeness (QED) is 0.851. The fourth-order valence-corrected chi connectivity index (χ4v) is 1.79. The fourth-order valence-electron chi connectivity index (χ4n) is 1.79. The average Bonchev–Trinajstić information content (AvgIpc) is 2.94. The third-order valence-corrected chi connectivity index (χ3v) is 3.12. The Morgan fingerprint density at radius 2 is 2.05 bits per heavy atom. The SMILES string of the molecule is CNC(C)CNC(=O)Cc1cnn(-c2ccccc2)c1.Cl. The molecule has 0 radical (unpaired) electrons. The van der Waals surface area contributed by atoms with Gasteiger partial charge in [-0.15, -0.1) is 12.4 Å². The number of carbonyl (C=O) groups is 1. The van der Waals surface area contributed by atoms with E-state index in [0.717, 1.165) is 11.3 Å². The lowest BCUT2D eigenvalue weighted by Gasteiger charge is -2.10. The maximum Gasteiger partial charge on any atom is 0.224 e. The van der Waals surface area contributed by atoms with E-state index in [0.29, 0.717) is 13.0 Å². The standard InChI is InChI=1S/C15H20N4O.ClH/c1-12(16-2)9-17-15(20)8-13-10-18-19(11-13)14-6-4-3-5-7-14;/h3-7,10-12,16H,8-9H2,1-2H3,(H,17,20);1H. The molecule has 1 aromatic carbocycles. The second-order valence-electron chi connectivity index (χ2n) is 4.80. The first-order chi connectivity index (χ1) is 9.69. The largest absolute Gasteiger partial charge is 0.354 e. The Labute approximate surface area is 131 Å². The molecule has 6 heteroatoms. The van der Waals surface area contributed by atoms with Gasteiger partial charge in [0.05, 0.1) is 18.3 Å². The molecule has 0 aliphatic heterocycles. The van der Waals surface area contributed by atoms with Crippen molar-refractivity contribution in [2.75, 3.05) is 13.6 Å². The van der Waals surface area contributed by atoms with E-state index < -0.39 is 0 Å². The smallest absolute Gasteiger partial charge is 0.224 e. The topological polar surface area (TPSA) is 58.9 Å². The van der Waals surface area contributed by atoms with E-state index in [1.165, 1.54) is 0 Å². The number of para-hydroxylation sites is 1. The fraction of sp³-hybridized carbons (Fsp3) is 0.333. The number of benzene rings is 1. The van der Waals surface area contributed by atoms with Crippen LogP contribution in [0.4, 0.5) is 0 Å². The number of nitrogens with zero attached hydrogens (tertiary/aromatic N) is 2. The molecule has 2 aromatic rings. The van der Waals surface area contributed by atoms with Gasteiger partial charge in [0.2, 0.25) is 5.91 Å². The minimum Gasteiger partial charge on any atom is -0.354 e. The van der Waals surface area contributed by atoms with Crippen LogP contribution in [0.1, 0.15) is 12.5 Å². The molecule has 2 N–H and O–H groups in total. The molecule has 1 aromatic heterocycles. The monoisotopic (exact) mass is 308 g/mol. The van der Waals surface area contributed by atoms with Crippen molar-refractivity contribution in [1.82, 2.24) is 20.4 Å². The number of rotatable bonds is 6.